The number of nitrogens with zero attached hydrogens (tertiary/aromatic N) is 1. The maximum atomic E-state index is 12.1. The first kappa shape index (κ1) is 18.8. The maximum absolute atomic E-state index is 12.1. The predicted molar refractivity (Wildman–Crippen MR) is 96.1 cm³/mol. The number of para-hydroxylation sites is 2. The van der Waals surface area contributed by atoms with E-state index in [-0.39, 0.29) is 12.5 Å². The minimum atomic E-state index is -0.556. The Morgan fingerprint density at radius 2 is 1.85 bits per heavy atom. The molecule has 8 nitrogen and oxygen atoms in total. The summed E-state index contributed by atoms with van der Waals surface area (Å²) in [5, 5.41) is 13.1. The summed E-state index contributed by atoms with van der Waals surface area (Å²) in [6.07, 6.45) is 2.16. The first-order chi connectivity index (χ1) is 12.5. The molecule has 0 aliphatic carbocycles. The Bertz CT molecular complexity index is 819. The van der Waals surface area contributed by atoms with Crippen LogP contribution in [0.3, 0.4) is 0 Å². The van der Waals surface area contributed by atoms with Crippen LogP contribution in [0.25, 0.3) is 6.08 Å². The molecule has 0 atom stereocenters. The van der Waals surface area contributed by atoms with Gasteiger partial charge in [-0.25, -0.2) is 0 Å². The van der Waals surface area contributed by atoms with E-state index in [1.54, 1.807) is 42.5 Å². The summed E-state index contributed by atoms with van der Waals surface area (Å²) in [7, 11) is 2.96. The molecule has 0 radical (unpaired) electrons. The minimum absolute atomic E-state index is 0.238. The third-order valence-electron chi connectivity index (χ3n) is 3.32. The van der Waals surface area contributed by atoms with E-state index >= 15 is 0 Å². The summed E-state index contributed by atoms with van der Waals surface area (Å²) in [4.78, 5) is 21.9. The van der Waals surface area contributed by atoms with Crippen molar-refractivity contribution in [2.45, 2.75) is 0 Å². The molecule has 0 unspecified atom stereocenters. The zero-order valence-corrected chi connectivity index (χ0v) is 14.3. The molecule has 136 valence electrons. The van der Waals surface area contributed by atoms with E-state index in [0.29, 0.717) is 28.5 Å². The van der Waals surface area contributed by atoms with Gasteiger partial charge in [0.25, 0.3) is 5.91 Å². The highest BCUT2D eigenvalue weighted by Gasteiger charge is 2.10. The van der Waals surface area contributed by atoms with Gasteiger partial charge >= 0.3 is 0 Å². The Kier molecular flexibility index (Phi) is 6.55. The van der Waals surface area contributed by atoms with Gasteiger partial charge in [-0.15, -0.1) is 0 Å². The van der Waals surface area contributed by atoms with Crippen molar-refractivity contribution < 1.29 is 23.9 Å². The topological polar surface area (TPSA) is 99.9 Å². The van der Waals surface area contributed by atoms with Crippen LogP contribution in [0, 0.1) is 10.1 Å². The van der Waals surface area contributed by atoms with Gasteiger partial charge in [-0.05, 0) is 29.8 Å². The highest BCUT2D eigenvalue weighted by atomic mass is 16.6. The molecule has 0 bridgehead atoms. The normalized spacial score (nSPS) is 10.4. The van der Waals surface area contributed by atoms with Crippen molar-refractivity contribution in [1.82, 2.24) is 0 Å². The molecule has 0 aromatic heterocycles. The number of amides is 1. The van der Waals surface area contributed by atoms with Crippen molar-refractivity contribution in [3.63, 3.8) is 0 Å². The van der Waals surface area contributed by atoms with E-state index in [0.717, 1.165) is 6.20 Å². The summed E-state index contributed by atoms with van der Waals surface area (Å²) >= 11 is 0. The largest absolute Gasteiger partial charge is 0.495 e. The number of hydrogen-bond donors (Lipinski definition) is 1. The molecule has 2 rings (SSSR count). The van der Waals surface area contributed by atoms with E-state index < -0.39 is 4.92 Å². The Morgan fingerprint density at radius 1 is 1.12 bits per heavy atom. The molecule has 0 saturated heterocycles. The molecule has 8 heteroatoms. The zero-order valence-electron chi connectivity index (χ0n) is 14.3. The lowest BCUT2D eigenvalue weighted by Gasteiger charge is -2.12. The van der Waals surface area contributed by atoms with Crippen molar-refractivity contribution >= 4 is 17.7 Å². The predicted octanol–water partition coefficient (Wildman–Crippen LogP) is 2.97. The fourth-order valence-corrected chi connectivity index (χ4v) is 2.13. The van der Waals surface area contributed by atoms with E-state index in [1.807, 2.05) is 0 Å². The van der Waals surface area contributed by atoms with Gasteiger partial charge in [-0.2, -0.15) is 0 Å². The molecule has 26 heavy (non-hydrogen) atoms. The summed E-state index contributed by atoms with van der Waals surface area (Å²) < 4.78 is 15.8. The Labute approximate surface area is 150 Å². The van der Waals surface area contributed by atoms with Gasteiger partial charge < -0.3 is 19.5 Å². The lowest BCUT2D eigenvalue weighted by Crippen LogP contribution is -2.20. The molecule has 0 heterocycles. The molecule has 0 aliphatic heterocycles. The number of anilines is 1. The third-order valence-corrected chi connectivity index (χ3v) is 3.32. The van der Waals surface area contributed by atoms with Crippen molar-refractivity contribution in [3.05, 3.63) is 64.3 Å². The fourth-order valence-electron chi connectivity index (χ4n) is 2.13. The summed E-state index contributed by atoms with van der Waals surface area (Å²) in [5.74, 6) is 0.885. The number of nitrogens with one attached hydrogen (secondary N) is 1. The van der Waals surface area contributed by atoms with Gasteiger partial charge in [0.2, 0.25) is 6.20 Å². The van der Waals surface area contributed by atoms with E-state index in [9.17, 15) is 14.9 Å². The van der Waals surface area contributed by atoms with Gasteiger partial charge in [-0.1, -0.05) is 18.2 Å². The summed E-state index contributed by atoms with van der Waals surface area (Å²) in [6, 6.07) is 11.8. The van der Waals surface area contributed by atoms with Gasteiger partial charge in [0, 0.05) is 6.08 Å². The molecule has 1 N–H and O–H groups in total. The summed E-state index contributed by atoms with van der Waals surface area (Å²) in [6.45, 7) is -0.238. The van der Waals surface area contributed by atoms with E-state index in [4.69, 9.17) is 14.2 Å². The number of rotatable bonds is 8. The molecule has 0 aliphatic rings. The first-order valence-corrected chi connectivity index (χ1v) is 7.59. The second-order valence-corrected chi connectivity index (χ2v) is 5.05. The van der Waals surface area contributed by atoms with Gasteiger partial charge in [0.1, 0.15) is 5.75 Å². The van der Waals surface area contributed by atoms with Crippen LogP contribution in [0.15, 0.2) is 48.7 Å². The number of benzene rings is 2. The van der Waals surface area contributed by atoms with Crippen molar-refractivity contribution in [2.24, 2.45) is 0 Å². The highest BCUT2D eigenvalue weighted by molar-refractivity contribution is 5.93. The number of methoxy groups -OCH3 is 2. The summed E-state index contributed by atoms with van der Waals surface area (Å²) in [5.41, 5.74) is 1.11. The minimum Gasteiger partial charge on any atom is -0.495 e. The third kappa shape index (κ3) is 5.23. The lowest BCUT2D eigenvalue weighted by atomic mass is 10.2. The molecule has 1 amide bonds. The van der Waals surface area contributed by atoms with Crippen LogP contribution in [-0.4, -0.2) is 31.7 Å². The molecule has 0 spiro atoms. The highest BCUT2D eigenvalue weighted by Crippen LogP contribution is 2.29. The van der Waals surface area contributed by atoms with Crippen LogP contribution in [0.5, 0.6) is 17.2 Å². The molecule has 0 fully saturated rings. The SMILES string of the molecule is COc1ccccc1NC(=O)COc1ccc(C=C[N+](=O)[O-])cc1OC. The van der Waals surface area contributed by atoms with E-state index in [1.165, 1.54) is 20.3 Å². The van der Waals surface area contributed by atoms with Gasteiger partial charge in [0.05, 0.1) is 24.8 Å². The first-order valence-electron chi connectivity index (χ1n) is 7.59. The van der Waals surface area contributed by atoms with Crippen LogP contribution in [0.4, 0.5) is 5.69 Å². The van der Waals surface area contributed by atoms with Crippen molar-refractivity contribution in [2.75, 3.05) is 26.1 Å². The zero-order chi connectivity index (χ0) is 18.9. The fraction of sp³-hybridized carbons (Fsp3) is 0.167. The van der Waals surface area contributed by atoms with Crippen LogP contribution in [0.1, 0.15) is 5.56 Å². The second kappa shape index (κ2) is 9.07. The monoisotopic (exact) mass is 358 g/mol. The average Bonchev–Trinajstić information content (AvgIpc) is 2.65. The second-order valence-electron chi connectivity index (χ2n) is 5.05. The van der Waals surface area contributed by atoms with Crippen LogP contribution in [0.2, 0.25) is 0 Å². The van der Waals surface area contributed by atoms with Crippen molar-refractivity contribution in [3.8, 4) is 17.2 Å². The number of nitro groups is 1. The van der Waals surface area contributed by atoms with Crippen LogP contribution < -0.4 is 19.5 Å². The lowest BCUT2D eigenvalue weighted by molar-refractivity contribution is -0.400. The Balaban J connectivity index is 2.02. The van der Waals surface area contributed by atoms with Gasteiger partial charge in [0.15, 0.2) is 18.1 Å². The van der Waals surface area contributed by atoms with Crippen molar-refractivity contribution in [1.29, 1.82) is 0 Å². The molecule has 2 aromatic carbocycles. The maximum Gasteiger partial charge on any atom is 0.262 e. The standard InChI is InChI=1S/C18H18N2O6/c1-24-15-6-4-3-5-14(15)19-18(21)12-26-16-8-7-13(9-10-20(22)23)11-17(16)25-2/h3-11H,12H2,1-2H3,(H,19,21). The number of carbonyl (C=O) groups is 1. The van der Waals surface area contributed by atoms with Crippen LogP contribution in [-0.2, 0) is 4.79 Å². The quantitative estimate of drug-likeness (QED) is 0.575. The molecular weight excluding hydrogens is 340 g/mol. The van der Waals surface area contributed by atoms with E-state index in [2.05, 4.69) is 5.32 Å². The van der Waals surface area contributed by atoms with Crippen LogP contribution >= 0.6 is 0 Å². The Hall–Kier alpha value is -3.55. The number of carbonyl (C=O) groups excluding carboxylic acids is 1. The average molecular weight is 358 g/mol. The molecule has 0 saturated carbocycles. The smallest absolute Gasteiger partial charge is 0.262 e. The molecule has 2 aromatic rings. The van der Waals surface area contributed by atoms with Gasteiger partial charge in [-0.3, -0.25) is 14.9 Å². The Morgan fingerprint density at radius 3 is 2.54 bits per heavy atom. The molecular formula is C18H18N2O6. The number of ether oxygens (including phenoxy) is 3. The number of hydrogen-bond acceptors (Lipinski definition) is 6.